The quantitative estimate of drug-likeness (QED) is 0.617. The van der Waals surface area contributed by atoms with E-state index in [9.17, 15) is 4.79 Å². The molecular weight excluding hydrogens is 128 g/mol. The van der Waals surface area contributed by atoms with Gasteiger partial charge in [0.1, 0.15) is 0 Å². The monoisotopic (exact) mass is 138 g/mol. The molecule has 0 aromatic carbocycles. The van der Waals surface area contributed by atoms with Gasteiger partial charge in [-0.3, -0.25) is 4.79 Å². The summed E-state index contributed by atoms with van der Waals surface area (Å²) in [6.07, 6.45) is 1.77. The van der Waals surface area contributed by atoms with Crippen molar-refractivity contribution in [3.8, 4) is 0 Å². The molecule has 3 heteroatoms. The minimum absolute atomic E-state index is 0.213. The van der Waals surface area contributed by atoms with E-state index in [4.69, 9.17) is 5.73 Å². The normalized spacial score (nSPS) is 12.9. The van der Waals surface area contributed by atoms with Crippen LogP contribution in [0.5, 0.6) is 0 Å². The van der Waals surface area contributed by atoms with Crippen LogP contribution in [0.25, 0.3) is 0 Å². The minimum Gasteiger partial charge on any atom is -0.369 e. The Labute approximate surface area is 59.2 Å². The fourth-order valence-electron chi connectivity index (χ4n) is 0.767. The van der Waals surface area contributed by atoms with Crippen LogP contribution in [0, 0.1) is 0 Å². The van der Waals surface area contributed by atoms with Gasteiger partial charge in [-0.05, 0) is 19.1 Å². The third-order valence-electron chi connectivity index (χ3n) is 1.52. The van der Waals surface area contributed by atoms with E-state index >= 15 is 0 Å². The third-order valence-corrected chi connectivity index (χ3v) is 1.52. The molecule has 0 spiro atoms. The van der Waals surface area contributed by atoms with E-state index < -0.39 is 0 Å². The zero-order chi connectivity index (χ0) is 7.56. The number of amides is 1. The summed E-state index contributed by atoms with van der Waals surface area (Å²) < 4.78 is 0. The fraction of sp³-hybridized carbons (Fsp3) is 0.286. The highest BCUT2D eigenvalue weighted by molar-refractivity contribution is 5.80. The molecule has 3 nitrogen and oxygen atoms in total. The van der Waals surface area contributed by atoms with Crippen LogP contribution in [-0.2, 0) is 4.79 Å². The van der Waals surface area contributed by atoms with Crippen molar-refractivity contribution in [1.82, 2.24) is 4.98 Å². The second kappa shape index (κ2) is 2.56. The second-order valence-electron chi connectivity index (χ2n) is 2.25. The van der Waals surface area contributed by atoms with Crippen LogP contribution in [0.3, 0.4) is 0 Å². The van der Waals surface area contributed by atoms with Gasteiger partial charge in [0.05, 0.1) is 5.92 Å². The predicted octanol–water partition coefficient (Wildman–Crippen LogP) is 0.604. The number of H-pyrrole nitrogens is 1. The van der Waals surface area contributed by atoms with E-state index in [0.29, 0.717) is 0 Å². The summed E-state index contributed by atoms with van der Waals surface area (Å²) in [5.41, 5.74) is 5.94. The van der Waals surface area contributed by atoms with Crippen LogP contribution in [0.15, 0.2) is 18.3 Å². The summed E-state index contributed by atoms with van der Waals surface area (Å²) in [5, 5.41) is 0. The lowest BCUT2D eigenvalue weighted by molar-refractivity contribution is -0.119. The lowest BCUT2D eigenvalue weighted by atomic mass is 10.1. The maximum atomic E-state index is 10.6. The molecule has 0 saturated carbocycles. The number of carbonyl (C=O) groups excluding carboxylic acids is 1. The van der Waals surface area contributed by atoms with Crippen molar-refractivity contribution in [3.63, 3.8) is 0 Å². The van der Waals surface area contributed by atoms with Crippen LogP contribution in [-0.4, -0.2) is 10.9 Å². The first-order valence-electron chi connectivity index (χ1n) is 3.14. The molecule has 0 radical (unpaired) electrons. The molecule has 0 bridgehead atoms. The summed E-state index contributed by atoms with van der Waals surface area (Å²) in [7, 11) is 0. The van der Waals surface area contributed by atoms with Gasteiger partial charge in [-0.1, -0.05) is 0 Å². The number of aromatic amines is 1. The molecule has 1 amide bonds. The van der Waals surface area contributed by atoms with Gasteiger partial charge in [0.25, 0.3) is 0 Å². The van der Waals surface area contributed by atoms with E-state index in [1.165, 1.54) is 0 Å². The first-order chi connectivity index (χ1) is 4.72. The van der Waals surface area contributed by atoms with Crippen LogP contribution in [0.4, 0.5) is 0 Å². The van der Waals surface area contributed by atoms with Crippen molar-refractivity contribution in [3.05, 3.63) is 24.0 Å². The van der Waals surface area contributed by atoms with Gasteiger partial charge in [-0.15, -0.1) is 0 Å². The Morgan fingerprint density at radius 3 is 2.90 bits per heavy atom. The molecule has 10 heavy (non-hydrogen) atoms. The van der Waals surface area contributed by atoms with Gasteiger partial charge < -0.3 is 10.7 Å². The minimum atomic E-state index is -0.303. The molecule has 1 unspecified atom stereocenters. The van der Waals surface area contributed by atoms with Crippen molar-refractivity contribution >= 4 is 5.91 Å². The van der Waals surface area contributed by atoms with Crippen LogP contribution >= 0.6 is 0 Å². The fourth-order valence-corrected chi connectivity index (χ4v) is 0.767. The molecule has 0 aliphatic carbocycles. The molecule has 1 rings (SSSR count). The summed E-state index contributed by atoms with van der Waals surface area (Å²) in [6.45, 7) is 1.77. The third kappa shape index (κ3) is 1.18. The van der Waals surface area contributed by atoms with Crippen molar-refractivity contribution in [1.29, 1.82) is 0 Å². The van der Waals surface area contributed by atoms with Crippen molar-refractivity contribution in [2.75, 3.05) is 0 Å². The Balaban J connectivity index is 2.77. The van der Waals surface area contributed by atoms with E-state index in [1.54, 1.807) is 13.1 Å². The molecule has 54 valence electrons. The summed E-state index contributed by atoms with van der Waals surface area (Å²) in [5.74, 6) is -0.516. The lowest BCUT2D eigenvalue weighted by Gasteiger charge is -2.02. The molecule has 1 atom stereocenters. The Kier molecular flexibility index (Phi) is 1.76. The highest BCUT2D eigenvalue weighted by Gasteiger charge is 2.10. The smallest absolute Gasteiger partial charge is 0.226 e. The molecule has 1 aromatic rings. The Hall–Kier alpha value is -1.25. The van der Waals surface area contributed by atoms with Gasteiger partial charge in [0.2, 0.25) is 5.91 Å². The number of nitrogens with one attached hydrogen (secondary N) is 1. The first kappa shape index (κ1) is 6.86. The first-order valence-corrected chi connectivity index (χ1v) is 3.14. The van der Waals surface area contributed by atoms with Crippen molar-refractivity contribution in [2.24, 2.45) is 5.73 Å². The molecule has 1 aromatic heterocycles. The molecule has 1 heterocycles. The van der Waals surface area contributed by atoms with Gasteiger partial charge in [-0.2, -0.15) is 0 Å². The van der Waals surface area contributed by atoms with Gasteiger partial charge in [0, 0.05) is 11.9 Å². The van der Waals surface area contributed by atoms with Crippen LogP contribution < -0.4 is 5.73 Å². The summed E-state index contributed by atoms with van der Waals surface area (Å²) in [4.78, 5) is 13.5. The van der Waals surface area contributed by atoms with E-state index in [1.807, 2.05) is 12.1 Å². The predicted molar refractivity (Wildman–Crippen MR) is 38.4 cm³/mol. The van der Waals surface area contributed by atoms with Gasteiger partial charge >= 0.3 is 0 Å². The van der Waals surface area contributed by atoms with Crippen molar-refractivity contribution in [2.45, 2.75) is 12.8 Å². The highest BCUT2D eigenvalue weighted by Crippen LogP contribution is 2.10. The molecule has 0 fully saturated rings. The Morgan fingerprint density at radius 2 is 2.50 bits per heavy atom. The summed E-state index contributed by atoms with van der Waals surface area (Å²) >= 11 is 0. The SMILES string of the molecule is CC(C(N)=O)c1ccc[nH]1. The highest BCUT2D eigenvalue weighted by atomic mass is 16.1. The zero-order valence-corrected chi connectivity index (χ0v) is 5.79. The molecule has 0 saturated heterocycles. The molecular formula is C7H10N2O. The number of nitrogens with two attached hydrogens (primary N) is 1. The van der Waals surface area contributed by atoms with Gasteiger partial charge in [0.15, 0.2) is 0 Å². The topological polar surface area (TPSA) is 58.9 Å². The number of hydrogen-bond donors (Lipinski definition) is 2. The molecule has 0 aliphatic heterocycles. The molecule has 0 aliphatic rings. The number of aromatic nitrogens is 1. The van der Waals surface area contributed by atoms with Crippen LogP contribution in [0.2, 0.25) is 0 Å². The average Bonchev–Trinajstić information content (AvgIpc) is 2.36. The Bertz CT molecular complexity index is 216. The lowest BCUT2D eigenvalue weighted by Crippen LogP contribution is -2.18. The number of primary amides is 1. The van der Waals surface area contributed by atoms with Crippen molar-refractivity contribution < 1.29 is 4.79 Å². The van der Waals surface area contributed by atoms with Crippen LogP contribution in [0.1, 0.15) is 18.5 Å². The van der Waals surface area contributed by atoms with Gasteiger partial charge in [-0.25, -0.2) is 0 Å². The van der Waals surface area contributed by atoms with E-state index in [-0.39, 0.29) is 11.8 Å². The number of rotatable bonds is 2. The standard InChI is InChI=1S/C7H10N2O/c1-5(7(8)10)6-3-2-4-9-6/h2-5,9H,1H3,(H2,8,10). The van der Waals surface area contributed by atoms with E-state index in [2.05, 4.69) is 4.98 Å². The number of carbonyl (C=O) groups is 1. The average molecular weight is 138 g/mol. The zero-order valence-electron chi connectivity index (χ0n) is 5.79. The maximum Gasteiger partial charge on any atom is 0.226 e. The Morgan fingerprint density at radius 1 is 1.80 bits per heavy atom. The largest absolute Gasteiger partial charge is 0.369 e. The second-order valence-corrected chi connectivity index (χ2v) is 2.25. The maximum absolute atomic E-state index is 10.6. The summed E-state index contributed by atoms with van der Waals surface area (Å²) in [6, 6.07) is 3.68. The molecule has 3 N–H and O–H groups in total. The number of hydrogen-bond acceptors (Lipinski definition) is 1. The van der Waals surface area contributed by atoms with E-state index in [0.717, 1.165) is 5.69 Å².